The molecule has 3 rings (SSSR count). The van der Waals surface area contributed by atoms with Crippen molar-refractivity contribution < 1.29 is 19.3 Å². The fraction of sp³-hybridized carbons (Fsp3) is 0.533. The van der Waals surface area contributed by atoms with Crippen LogP contribution in [0.4, 0.5) is 0 Å². The standard InChI is InChI=1S/C15H19O4/c1-15(2,3)7-12-13-9(4-5-17-12)10(16)6-11-14(13)19-8-18-11/h6-7,12,16H,4-5,8H2,1-3H3. The van der Waals surface area contributed by atoms with E-state index in [4.69, 9.17) is 14.2 Å². The molecule has 4 nitrogen and oxygen atoms in total. The molecule has 103 valence electrons. The second-order valence-corrected chi connectivity index (χ2v) is 6.10. The van der Waals surface area contributed by atoms with E-state index < -0.39 is 0 Å². The number of benzene rings is 1. The highest BCUT2D eigenvalue weighted by Gasteiger charge is 2.34. The molecule has 2 aliphatic heterocycles. The Morgan fingerprint density at radius 3 is 2.84 bits per heavy atom. The quantitative estimate of drug-likeness (QED) is 0.846. The van der Waals surface area contributed by atoms with Gasteiger partial charge in [0.2, 0.25) is 6.79 Å². The molecule has 4 heteroatoms. The van der Waals surface area contributed by atoms with Gasteiger partial charge < -0.3 is 19.3 Å². The third-order valence-corrected chi connectivity index (χ3v) is 3.37. The molecule has 0 saturated carbocycles. The summed E-state index contributed by atoms with van der Waals surface area (Å²) in [6.07, 6.45) is 2.69. The van der Waals surface area contributed by atoms with Gasteiger partial charge in [-0.05, 0) is 11.8 Å². The molecule has 1 aromatic carbocycles. The van der Waals surface area contributed by atoms with Gasteiger partial charge in [-0.3, -0.25) is 0 Å². The van der Waals surface area contributed by atoms with Gasteiger partial charge in [-0.2, -0.15) is 0 Å². The van der Waals surface area contributed by atoms with E-state index in [0.29, 0.717) is 18.8 Å². The van der Waals surface area contributed by atoms with E-state index in [1.807, 2.05) is 0 Å². The Morgan fingerprint density at radius 1 is 1.32 bits per heavy atom. The summed E-state index contributed by atoms with van der Waals surface area (Å²) in [6, 6.07) is 1.64. The maximum Gasteiger partial charge on any atom is 0.231 e. The van der Waals surface area contributed by atoms with Gasteiger partial charge in [0, 0.05) is 23.6 Å². The van der Waals surface area contributed by atoms with Crippen LogP contribution in [0.2, 0.25) is 0 Å². The van der Waals surface area contributed by atoms with Gasteiger partial charge in [-0.15, -0.1) is 0 Å². The molecule has 1 aromatic rings. The number of phenolic OH excluding ortho intramolecular Hbond substituents is 1. The number of rotatable bonds is 1. The maximum absolute atomic E-state index is 10.1. The van der Waals surface area contributed by atoms with Crippen LogP contribution < -0.4 is 9.47 Å². The molecule has 19 heavy (non-hydrogen) atoms. The van der Waals surface area contributed by atoms with Crippen LogP contribution in [-0.4, -0.2) is 18.5 Å². The first-order valence-corrected chi connectivity index (χ1v) is 6.58. The van der Waals surface area contributed by atoms with Crippen LogP contribution in [0.15, 0.2) is 6.07 Å². The summed E-state index contributed by atoms with van der Waals surface area (Å²) in [7, 11) is 0. The molecule has 1 N–H and O–H groups in total. The minimum Gasteiger partial charge on any atom is -0.508 e. The van der Waals surface area contributed by atoms with Crippen molar-refractivity contribution in [3.05, 3.63) is 23.6 Å². The molecule has 1 radical (unpaired) electrons. The highest BCUT2D eigenvalue weighted by Crippen LogP contribution is 2.49. The Kier molecular flexibility index (Phi) is 2.86. The normalized spacial score (nSPS) is 21.3. The summed E-state index contributed by atoms with van der Waals surface area (Å²) in [5.74, 6) is 1.60. The van der Waals surface area contributed by atoms with Crippen LogP contribution in [-0.2, 0) is 11.2 Å². The largest absolute Gasteiger partial charge is 0.508 e. The van der Waals surface area contributed by atoms with E-state index >= 15 is 0 Å². The summed E-state index contributed by atoms with van der Waals surface area (Å²) >= 11 is 0. The fourth-order valence-corrected chi connectivity index (χ4v) is 2.61. The Morgan fingerprint density at radius 2 is 2.11 bits per heavy atom. The molecule has 1 unspecified atom stereocenters. The third kappa shape index (κ3) is 2.25. The number of fused-ring (bicyclic) bond motifs is 3. The first-order chi connectivity index (χ1) is 8.96. The predicted molar refractivity (Wildman–Crippen MR) is 70.4 cm³/mol. The lowest BCUT2D eigenvalue weighted by Gasteiger charge is -2.31. The molecule has 0 fully saturated rings. The van der Waals surface area contributed by atoms with Crippen molar-refractivity contribution in [2.75, 3.05) is 13.4 Å². The lowest BCUT2D eigenvalue weighted by atomic mass is 9.83. The molecule has 0 saturated heterocycles. The van der Waals surface area contributed by atoms with Crippen molar-refractivity contribution in [1.29, 1.82) is 0 Å². The summed E-state index contributed by atoms with van der Waals surface area (Å²) in [5.41, 5.74) is 1.87. The van der Waals surface area contributed by atoms with Gasteiger partial charge in [0.15, 0.2) is 11.5 Å². The predicted octanol–water partition coefficient (Wildman–Crippen LogP) is 2.99. The van der Waals surface area contributed by atoms with Crippen LogP contribution >= 0.6 is 0 Å². The molecule has 0 amide bonds. The summed E-state index contributed by atoms with van der Waals surface area (Å²) in [6.45, 7) is 7.20. The van der Waals surface area contributed by atoms with Crippen molar-refractivity contribution in [3.8, 4) is 17.2 Å². The van der Waals surface area contributed by atoms with E-state index in [1.165, 1.54) is 0 Å². The Bertz CT molecular complexity index is 498. The van der Waals surface area contributed by atoms with E-state index in [2.05, 4.69) is 27.2 Å². The van der Waals surface area contributed by atoms with Gasteiger partial charge in [0.25, 0.3) is 0 Å². The highest BCUT2D eigenvalue weighted by molar-refractivity contribution is 5.60. The fourth-order valence-electron chi connectivity index (χ4n) is 2.61. The molecule has 0 aliphatic carbocycles. The lowest BCUT2D eigenvalue weighted by molar-refractivity contribution is 0.0484. The minimum atomic E-state index is -0.161. The third-order valence-electron chi connectivity index (χ3n) is 3.37. The molecular weight excluding hydrogens is 244 g/mol. The van der Waals surface area contributed by atoms with Crippen LogP contribution in [0.25, 0.3) is 0 Å². The maximum atomic E-state index is 10.1. The summed E-state index contributed by atoms with van der Waals surface area (Å²) in [5, 5.41) is 10.1. The van der Waals surface area contributed by atoms with Gasteiger partial charge in [-0.25, -0.2) is 0 Å². The molecule has 0 spiro atoms. The Labute approximate surface area is 113 Å². The molecule has 2 aliphatic rings. The topological polar surface area (TPSA) is 47.9 Å². The zero-order chi connectivity index (χ0) is 13.6. The second-order valence-electron chi connectivity index (χ2n) is 6.10. The van der Waals surface area contributed by atoms with Crippen molar-refractivity contribution in [2.24, 2.45) is 5.41 Å². The smallest absolute Gasteiger partial charge is 0.231 e. The summed E-state index contributed by atoms with van der Waals surface area (Å²) < 4.78 is 16.8. The monoisotopic (exact) mass is 263 g/mol. The van der Waals surface area contributed by atoms with Gasteiger partial charge in [0.05, 0.1) is 12.7 Å². The van der Waals surface area contributed by atoms with E-state index in [1.54, 1.807) is 6.07 Å². The van der Waals surface area contributed by atoms with Crippen molar-refractivity contribution in [3.63, 3.8) is 0 Å². The average Bonchev–Trinajstić information content (AvgIpc) is 2.75. The van der Waals surface area contributed by atoms with Gasteiger partial charge in [0.1, 0.15) is 5.75 Å². The molecule has 0 bridgehead atoms. The van der Waals surface area contributed by atoms with Crippen molar-refractivity contribution >= 4 is 0 Å². The zero-order valence-corrected chi connectivity index (χ0v) is 11.5. The Hall–Kier alpha value is -1.42. The highest BCUT2D eigenvalue weighted by atomic mass is 16.7. The van der Waals surface area contributed by atoms with Gasteiger partial charge >= 0.3 is 0 Å². The minimum absolute atomic E-state index is 0.0249. The number of ether oxygens (including phenoxy) is 3. The van der Waals surface area contributed by atoms with Crippen LogP contribution in [0.1, 0.15) is 38.0 Å². The average molecular weight is 263 g/mol. The van der Waals surface area contributed by atoms with E-state index in [-0.39, 0.29) is 24.1 Å². The number of hydrogen-bond acceptors (Lipinski definition) is 4. The number of aromatic hydroxyl groups is 1. The Balaban J connectivity index is 2.07. The first-order valence-electron chi connectivity index (χ1n) is 6.58. The molecule has 0 aromatic heterocycles. The molecular formula is C15H19O4. The van der Waals surface area contributed by atoms with Crippen molar-refractivity contribution in [1.82, 2.24) is 0 Å². The SMILES string of the molecule is CC(C)(C)[CH]C1OCCc2c(O)cc3c(c21)OCO3. The van der Waals surface area contributed by atoms with Crippen molar-refractivity contribution in [2.45, 2.75) is 33.3 Å². The van der Waals surface area contributed by atoms with E-state index in [9.17, 15) is 5.11 Å². The molecule has 1 atom stereocenters. The number of phenols is 1. The van der Waals surface area contributed by atoms with Crippen LogP contribution in [0.3, 0.4) is 0 Å². The zero-order valence-electron chi connectivity index (χ0n) is 11.5. The number of hydrogen-bond donors (Lipinski definition) is 1. The lowest BCUT2D eigenvalue weighted by Crippen LogP contribution is -2.22. The van der Waals surface area contributed by atoms with Gasteiger partial charge in [-0.1, -0.05) is 20.8 Å². The van der Waals surface area contributed by atoms with Crippen LogP contribution in [0, 0.1) is 11.8 Å². The summed E-state index contributed by atoms with van der Waals surface area (Å²) in [4.78, 5) is 0. The molecule has 2 heterocycles. The van der Waals surface area contributed by atoms with E-state index in [0.717, 1.165) is 16.9 Å². The van der Waals surface area contributed by atoms with Crippen LogP contribution in [0.5, 0.6) is 17.2 Å². The second kappa shape index (κ2) is 4.30. The first kappa shape index (κ1) is 12.6.